The summed E-state index contributed by atoms with van der Waals surface area (Å²) in [5, 5.41) is 0. The molecule has 0 spiro atoms. The van der Waals surface area contributed by atoms with Crippen molar-refractivity contribution >= 4 is 50.0 Å². The molecule has 0 aromatic heterocycles. The zero-order valence-corrected chi connectivity index (χ0v) is 53.6. The second-order valence-corrected chi connectivity index (χ2v) is 35.5. The van der Waals surface area contributed by atoms with Gasteiger partial charge in [0.15, 0.2) is 0 Å². The summed E-state index contributed by atoms with van der Waals surface area (Å²) in [5.74, 6) is 2.54. The van der Waals surface area contributed by atoms with Gasteiger partial charge in [-0.1, -0.05) is 150 Å². The number of benzene rings is 6. The average molecular weight is 1150 g/mol. The summed E-state index contributed by atoms with van der Waals surface area (Å²) >= 11 is 0. The maximum Gasteiger partial charge on any atom is 0.0592 e. The molecule has 11 fully saturated rings. The Balaban J connectivity index is 0.996. The van der Waals surface area contributed by atoms with Gasteiger partial charge in [0.1, 0.15) is 0 Å². The fourth-order valence-corrected chi connectivity index (χ4v) is 32.3. The number of hydrogen-bond acceptors (Lipinski definition) is 6. The lowest BCUT2D eigenvalue weighted by atomic mass is 9.68. The van der Waals surface area contributed by atoms with Gasteiger partial charge >= 0.3 is 0 Å². The summed E-state index contributed by atoms with van der Waals surface area (Å²) in [4.78, 5) is 19.7. The van der Waals surface area contributed by atoms with E-state index in [1.807, 2.05) is 0 Å². The lowest BCUT2D eigenvalue weighted by Gasteiger charge is -2.81. The summed E-state index contributed by atoms with van der Waals surface area (Å²) in [6.07, 6.45) is 10.4. The van der Waals surface area contributed by atoms with Crippen LogP contribution in [0.4, 0.5) is 34.1 Å². The molecule has 6 saturated heterocycles. The normalized spacial score (nSPS) is 40.9. The molecule has 6 aromatic carbocycles. The fraction of sp³-hybridized carbons (Fsp3) is 0.526. The number of aryl methyl sites for hydroxylation is 6. The highest BCUT2D eigenvalue weighted by atomic mass is 31.1. The number of fused-ring (bicyclic) bond motifs is 2. The van der Waals surface area contributed by atoms with Crippen molar-refractivity contribution in [3.63, 3.8) is 0 Å². The Morgan fingerprint density at radius 3 is 0.560 bits per heavy atom. The van der Waals surface area contributed by atoms with Crippen LogP contribution in [-0.2, 0) is 0 Å². The first-order valence-corrected chi connectivity index (χ1v) is 36.5. The minimum absolute atomic E-state index is 0.366. The molecule has 6 nitrogen and oxygen atoms in total. The van der Waals surface area contributed by atoms with Gasteiger partial charge in [0, 0.05) is 116 Å². The fourth-order valence-electron chi connectivity index (χ4n) is 22.0. The highest BCUT2D eigenvalue weighted by Crippen LogP contribution is 2.80. The molecule has 6 aliphatic heterocycles. The zero-order valence-electron chi connectivity index (χ0n) is 51.8. The van der Waals surface area contributed by atoms with Crippen molar-refractivity contribution in [2.24, 2.45) is 23.7 Å². The Morgan fingerprint density at radius 2 is 0.381 bits per heavy atom. The summed E-state index contributed by atoms with van der Waals surface area (Å²) < 4.78 is 0. The Morgan fingerprint density at radius 1 is 0.226 bits per heavy atom. The van der Waals surface area contributed by atoms with Gasteiger partial charge in [0.2, 0.25) is 0 Å². The molecule has 436 valence electrons. The van der Waals surface area contributed by atoms with E-state index in [2.05, 4.69) is 244 Å². The summed E-state index contributed by atoms with van der Waals surface area (Å²) in [6, 6.07) is 66.5. The van der Waals surface area contributed by atoms with Gasteiger partial charge in [-0.05, 0) is 189 Å². The van der Waals surface area contributed by atoms with Crippen LogP contribution >= 0.6 is 15.8 Å². The van der Waals surface area contributed by atoms with Gasteiger partial charge in [-0.2, -0.15) is 0 Å². The van der Waals surface area contributed by atoms with E-state index in [0.29, 0.717) is 130 Å². The van der Waals surface area contributed by atoms with E-state index in [0.717, 1.165) is 0 Å². The Kier molecular flexibility index (Phi) is 12.5. The largest absolute Gasteiger partial charge is 0.364 e. The number of nitrogens with zero attached hydrogens (tertiary/aromatic N) is 6. The Bertz CT molecular complexity index is 3020. The molecule has 20 unspecified atom stereocenters. The summed E-state index contributed by atoms with van der Waals surface area (Å²) in [6.45, 7) is 24.6. The average Bonchev–Trinajstić information content (AvgIpc) is 0.677. The molecule has 84 heavy (non-hydrogen) atoms. The van der Waals surface area contributed by atoms with Crippen molar-refractivity contribution in [3.05, 3.63) is 179 Å². The third kappa shape index (κ3) is 7.78. The number of rotatable bonds is 6. The molecular formula is C76H92N6P2. The van der Waals surface area contributed by atoms with Gasteiger partial charge in [-0.25, -0.2) is 0 Å². The van der Waals surface area contributed by atoms with Gasteiger partial charge < -0.3 is 29.4 Å². The number of hydrogen-bond donors (Lipinski definition) is 0. The summed E-state index contributed by atoms with van der Waals surface area (Å²) in [5.41, 5.74) is 20.8. The van der Waals surface area contributed by atoms with Crippen LogP contribution < -0.4 is 29.4 Å². The monoisotopic (exact) mass is 1150 g/mol. The van der Waals surface area contributed by atoms with E-state index in [4.69, 9.17) is 0 Å². The van der Waals surface area contributed by atoms with Crippen LogP contribution in [0, 0.1) is 65.2 Å². The number of anilines is 6. The van der Waals surface area contributed by atoms with Crippen molar-refractivity contribution in [1.82, 2.24) is 0 Å². The molecule has 20 atom stereocenters. The molecule has 5 saturated carbocycles. The molecule has 0 amide bonds. The molecule has 0 bridgehead atoms. The third-order valence-electron chi connectivity index (χ3n) is 24.6. The molecule has 6 aromatic rings. The van der Waals surface area contributed by atoms with Crippen LogP contribution in [0.5, 0.6) is 0 Å². The van der Waals surface area contributed by atoms with Crippen LogP contribution in [-0.4, -0.2) is 106 Å². The molecule has 17 rings (SSSR count). The lowest BCUT2D eigenvalue weighted by Crippen LogP contribution is -2.91. The van der Waals surface area contributed by atoms with Crippen LogP contribution in [0.25, 0.3) is 0 Å². The highest BCUT2D eigenvalue weighted by molar-refractivity contribution is 7.61. The van der Waals surface area contributed by atoms with E-state index < -0.39 is 15.8 Å². The van der Waals surface area contributed by atoms with E-state index in [1.54, 1.807) is 0 Å². The standard InChI is InChI=1S/C76H92N6P2/c1-43-11-23-53(24-12-43)77-59-35-49(7)39-63-71(59)83-72-60(77)36-50(8)40-64(72)80(56-29-17-46(4)18-30-56)68-70-76-69(67(75(68)83)79(63)55-27-15-45(3)16-28-55)81(57-31-19-47(5)20-32-57)65-41-51(9)37-61-73(65)84(76)74-62(78(61)54-25-13-44(2)14-26-54)38-52(10)42-66(74)82(70)58-33-21-48(6)22-34-58/h11-34,49-52,59-76H,35-42H2,1-10H3. The van der Waals surface area contributed by atoms with E-state index >= 15 is 0 Å². The second kappa shape index (κ2) is 19.7. The molecule has 0 radical (unpaired) electrons. The first kappa shape index (κ1) is 53.2. The van der Waals surface area contributed by atoms with E-state index in [-0.39, 0.29) is 0 Å². The van der Waals surface area contributed by atoms with Gasteiger partial charge in [-0.15, -0.1) is 0 Å². The molecule has 8 heteroatoms. The highest BCUT2D eigenvalue weighted by Gasteiger charge is 2.78. The first-order valence-electron chi connectivity index (χ1n) is 33.4. The van der Waals surface area contributed by atoms with Gasteiger partial charge in [0.25, 0.3) is 0 Å². The Labute approximate surface area is 506 Å². The van der Waals surface area contributed by atoms with Crippen LogP contribution in [0.3, 0.4) is 0 Å². The second-order valence-electron chi connectivity index (χ2n) is 30.1. The van der Waals surface area contributed by atoms with Gasteiger partial charge in [-0.3, -0.25) is 0 Å². The van der Waals surface area contributed by atoms with Gasteiger partial charge in [0.05, 0.1) is 24.2 Å². The minimum atomic E-state index is -0.508. The van der Waals surface area contributed by atoms with Crippen molar-refractivity contribution in [2.45, 2.75) is 227 Å². The molecule has 0 N–H and O–H groups in total. The van der Waals surface area contributed by atoms with Crippen molar-refractivity contribution < 1.29 is 0 Å². The summed E-state index contributed by atoms with van der Waals surface area (Å²) in [7, 11) is -1.02. The lowest BCUT2D eigenvalue weighted by molar-refractivity contribution is 0.123. The smallest absolute Gasteiger partial charge is 0.0592 e. The molecule has 11 aliphatic rings. The molecule has 6 heterocycles. The van der Waals surface area contributed by atoms with E-state index in [9.17, 15) is 0 Å². The van der Waals surface area contributed by atoms with Crippen LogP contribution in [0.2, 0.25) is 0 Å². The van der Waals surface area contributed by atoms with Crippen molar-refractivity contribution in [1.29, 1.82) is 0 Å². The first-order chi connectivity index (χ1) is 40.8. The van der Waals surface area contributed by atoms with Crippen molar-refractivity contribution in [2.75, 3.05) is 29.4 Å². The predicted octanol–water partition coefficient (Wildman–Crippen LogP) is 16.3. The maximum atomic E-state index is 3.34. The SMILES string of the molecule is Cc1ccc(N2C3CC(C)CC4C3P3C5C2CC(C)CC5N(c2ccc(C)cc2)C2C5C6C(C(C23)N4c2ccc(C)cc2)N(c2ccc(C)cc2)C2CC(C)CC3C2P6C2C(CC(C)CC2N5c2ccc(C)cc2)N3c2ccc(C)cc2)cc1. The Hall–Kier alpha value is -5.02. The van der Waals surface area contributed by atoms with Crippen LogP contribution in [0.1, 0.15) is 112 Å². The minimum Gasteiger partial charge on any atom is -0.364 e. The molecular weight excluding hydrogens is 1060 g/mol. The zero-order chi connectivity index (χ0) is 56.9. The predicted molar refractivity (Wildman–Crippen MR) is 358 cm³/mol. The van der Waals surface area contributed by atoms with E-state index in [1.165, 1.54) is 119 Å². The molecule has 5 aliphatic carbocycles. The quantitative estimate of drug-likeness (QED) is 0.154. The van der Waals surface area contributed by atoms with Crippen LogP contribution in [0.15, 0.2) is 146 Å². The maximum absolute atomic E-state index is 3.34. The third-order valence-corrected chi connectivity index (χ3v) is 32.7. The van der Waals surface area contributed by atoms with Crippen molar-refractivity contribution in [3.8, 4) is 0 Å². The topological polar surface area (TPSA) is 19.4 Å².